The van der Waals surface area contributed by atoms with Crippen molar-refractivity contribution in [1.82, 2.24) is 10.3 Å². The Morgan fingerprint density at radius 3 is 2.69 bits per heavy atom. The van der Waals surface area contributed by atoms with Crippen LogP contribution >= 0.6 is 23.4 Å². The molecule has 0 fully saturated rings. The van der Waals surface area contributed by atoms with Gasteiger partial charge in [-0.1, -0.05) is 37.2 Å². The predicted octanol–water partition coefficient (Wildman–Crippen LogP) is 5.06. The summed E-state index contributed by atoms with van der Waals surface area (Å²) in [6.07, 6.45) is 0. The fourth-order valence-electron chi connectivity index (χ4n) is 2.45. The smallest absolute Gasteiger partial charge is 0.255 e. The predicted molar refractivity (Wildman–Crippen MR) is 109 cm³/mol. The molecule has 0 unspecified atom stereocenters. The number of nitrogens with zero attached hydrogens (tertiary/aromatic N) is 1. The normalized spacial score (nSPS) is 10.4. The van der Waals surface area contributed by atoms with Crippen molar-refractivity contribution in [2.75, 3.05) is 12.3 Å². The Hall–Kier alpha value is -2.24. The number of hydrogen-bond donors (Lipinski definition) is 2. The molecule has 2 N–H and O–H groups in total. The van der Waals surface area contributed by atoms with Gasteiger partial charge in [0.1, 0.15) is 5.52 Å². The summed E-state index contributed by atoms with van der Waals surface area (Å²) in [5.74, 6) is 0.226. The van der Waals surface area contributed by atoms with Crippen LogP contribution in [-0.4, -0.2) is 28.3 Å². The molecule has 0 saturated heterocycles. The summed E-state index contributed by atoms with van der Waals surface area (Å²) < 4.78 is 0. The number of aromatic nitrogens is 1. The molecule has 2 aromatic carbocycles. The Kier molecular flexibility index (Phi) is 6.89. The molecule has 0 spiro atoms. The van der Waals surface area contributed by atoms with Crippen molar-refractivity contribution in [2.45, 2.75) is 19.2 Å². The number of carbonyl (C=O) groups is 1. The molecule has 6 heteroatoms. The van der Waals surface area contributed by atoms with Gasteiger partial charge < -0.3 is 10.4 Å². The number of amides is 1. The molecule has 3 rings (SSSR count). The molecule has 136 valence electrons. The average Bonchev–Trinajstić information content (AvgIpc) is 2.62. The second-order valence-electron chi connectivity index (χ2n) is 5.52. The first-order valence-corrected chi connectivity index (χ1v) is 9.17. The van der Waals surface area contributed by atoms with E-state index in [1.807, 2.05) is 43.3 Å². The summed E-state index contributed by atoms with van der Waals surface area (Å²) in [6, 6.07) is 15.1. The van der Waals surface area contributed by atoms with E-state index in [9.17, 15) is 9.90 Å². The highest BCUT2D eigenvalue weighted by atomic mass is 35.5. The van der Waals surface area contributed by atoms with Crippen molar-refractivity contribution in [3.8, 4) is 5.75 Å². The van der Waals surface area contributed by atoms with E-state index in [0.717, 1.165) is 16.3 Å². The first-order chi connectivity index (χ1) is 12.1. The number of phenols is 1. The van der Waals surface area contributed by atoms with Gasteiger partial charge in [-0.3, -0.25) is 4.79 Å². The van der Waals surface area contributed by atoms with Crippen molar-refractivity contribution < 1.29 is 9.90 Å². The third-order valence-corrected chi connectivity index (χ3v) is 5.01. The number of hydrogen-bond acceptors (Lipinski definition) is 4. The number of fused-ring (bicyclic) bond motifs is 1. The number of benzene rings is 2. The van der Waals surface area contributed by atoms with E-state index >= 15 is 0 Å². The van der Waals surface area contributed by atoms with Crippen LogP contribution in [0, 0.1) is 6.92 Å². The van der Waals surface area contributed by atoms with Crippen LogP contribution < -0.4 is 5.32 Å². The van der Waals surface area contributed by atoms with Crippen LogP contribution in [0.5, 0.6) is 5.75 Å². The molecule has 3 aromatic rings. The molecule has 0 aliphatic rings. The summed E-state index contributed by atoms with van der Waals surface area (Å²) in [6.45, 7) is 2.30. The van der Waals surface area contributed by atoms with Crippen molar-refractivity contribution in [2.24, 2.45) is 0 Å². The highest BCUT2D eigenvalue weighted by Gasteiger charge is 2.17. The Morgan fingerprint density at radius 2 is 1.96 bits per heavy atom. The van der Waals surface area contributed by atoms with Gasteiger partial charge in [0.05, 0.1) is 10.6 Å². The zero-order chi connectivity index (χ0) is 17.8. The number of aryl methyl sites for hydroxylation is 1. The van der Waals surface area contributed by atoms with Crippen LogP contribution in [0.2, 0.25) is 5.02 Å². The number of carbonyl (C=O) groups excluding carboxylic acids is 1. The summed E-state index contributed by atoms with van der Waals surface area (Å²) in [7, 11) is 0. The maximum absolute atomic E-state index is 12.4. The van der Waals surface area contributed by atoms with Gasteiger partial charge in [-0.2, -0.15) is 0 Å². The number of rotatable bonds is 5. The molecule has 1 aromatic heterocycles. The van der Waals surface area contributed by atoms with Crippen LogP contribution in [0.4, 0.5) is 0 Å². The van der Waals surface area contributed by atoms with Crippen LogP contribution in [0.3, 0.4) is 0 Å². The van der Waals surface area contributed by atoms with E-state index in [0.29, 0.717) is 22.5 Å². The van der Waals surface area contributed by atoms with Crippen molar-refractivity contribution in [3.63, 3.8) is 0 Å². The third kappa shape index (κ3) is 4.48. The summed E-state index contributed by atoms with van der Waals surface area (Å²) >= 11 is 7.89. The lowest BCUT2D eigenvalue weighted by atomic mass is 10.1. The highest BCUT2D eigenvalue weighted by Crippen LogP contribution is 2.33. The molecular formula is C20H21ClN2O2S. The number of phenolic OH excluding ortho intramolecular Hbond substituents is 1. The highest BCUT2D eigenvalue weighted by molar-refractivity contribution is 7.99. The van der Waals surface area contributed by atoms with E-state index in [1.54, 1.807) is 17.8 Å². The number of thioether (sulfide) groups is 1. The second kappa shape index (κ2) is 8.92. The average molecular weight is 389 g/mol. The maximum atomic E-state index is 12.4. The molecule has 0 bridgehead atoms. The van der Waals surface area contributed by atoms with Crippen LogP contribution in [0.25, 0.3) is 10.9 Å². The zero-order valence-corrected chi connectivity index (χ0v) is 15.2. The molecule has 0 atom stereocenters. The minimum absolute atomic E-state index is 0. The second-order valence-corrected chi connectivity index (χ2v) is 7.10. The van der Waals surface area contributed by atoms with Crippen LogP contribution in [0.1, 0.15) is 23.5 Å². The zero-order valence-electron chi connectivity index (χ0n) is 13.6. The molecule has 26 heavy (non-hydrogen) atoms. The van der Waals surface area contributed by atoms with Gasteiger partial charge in [0.25, 0.3) is 5.91 Å². The van der Waals surface area contributed by atoms with E-state index in [-0.39, 0.29) is 24.6 Å². The monoisotopic (exact) mass is 388 g/mol. The van der Waals surface area contributed by atoms with E-state index in [2.05, 4.69) is 10.3 Å². The lowest BCUT2D eigenvalue weighted by molar-refractivity contribution is 0.0953. The van der Waals surface area contributed by atoms with Gasteiger partial charge in [-0.15, -0.1) is 11.8 Å². The maximum Gasteiger partial charge on any atom is 0.255 e. The number of nitrogens with one attached hydrogen (secondary N) is 1. The Bertz CT molecular complexity index is 917. The van der Waals surface area contributed by atoms with Gasteiger partial charge in [0, 0.05) is 28.3 Å². The standard InChI is InChI=1S/C19H17ClN2O2S.CH4/c1-12-7-8-14-16(20)11-15(18(23)17(14)22-12)19(24)21-9-10-25-13-5-3-2-4-6-13;/h2-8,11,23H,9-10H2,1H3,(H,21,24);1H4. The van der Waals surface area contributed by atoms with E-state index < -0.39 is 0 Å². The minimum Gasteiger partial charge on any atom is -0.505 e. The lowest BCUT2D eigenvalue weighted by Gasteiger charge is -2.10. The molecule has 0 saturated carbocycles. The Labute approximate surface area is 162 Å². The first kappa shape index (κ1) is 20.1. The van der Waals surface area contributed by atoms with Gasteiger partial charge in [-0.05, 0) is 37.3 Å². The molecule has 0 radical (unpaired) electrons. The number of pyridine rings is 1. The number of aromatic hydroxyl groups is 1. The molecule has 0 aliphatic heterocycles. The fraction of sp³-hybridized carbons (Fsp3) is 0.200. The summed E-state index contributed by atoms with van der Waals surface area (Å²) in [5.41, 5.74) is 1.23. The van der Waals surface area contributed by atoms with Crippen LogP contribution in [0.15, 0.2) is 53.4 Å². The Balaban J connectivity index is 0.00000243. The molecule has 0 aliphatic carbocycles. The van der Waals surface area contributed by atoms with Gasteiger partial charge in [0.15, 0.2) is 5.75 Å². The number of halogens is 1. The van der Waals surface area contributed by atoms with E-state index in [1.165, 1.54) is 6.07 Å². The van der Waals surface area contributed by atoms with Gasteiger partial charge in [0.2, 0.25) is 0 Å². The van der Waals surface area contributed by atoms with Crippen molar-refractivity contribution in [1.29, 1.82) is 0 Å². The molecule has 1 heterocycles. The molecule has 1 amide bonds. The minimum atomic E-state index is -0.363. The SMILES string of the molecule is C.Cc1ccc2c(Cl)cc(C(=O)NCCSc3ccccc3)c(O)c2n1. The largest absolute Gasteiger partial charge is 0.505 e. The molecule has 4 nitrogen and oxygen atoms in total. The summed E-state index contributed by atoms with van der Waals surface area (Å²) in [5, 5.41) is 14.2. The van der Waals surface area contributed by atoms with Gasteiger partial charge in [-0.25, -0.2) is 4.98 Å². The fourth-order valence-corrected chi connectivity index (χ4v) is 3.50. The lowest BCUT2D eigenvalue weighted by Crippen LogP contribution is -2.25. The van der Waals surface area contributed by atoms with E-state index in [4.69, 9.17) is 11.6 Å². The van der Waals surface area contributed by atoms with Crippen LogP contribution in [-0.2, 0) is 0 Å². The molecular weight excluding hydrogens is 368 g/mol. The van der Waals surface area contributed by atoms with Gasteiger partial charge >= 0.3 is 0 Å². The first-order valence-electron chi connectivity index (χ1n) is 7.81. The summed E-state index contributed by atoms with van der Waals surface area (Å²) in [4.78, 5) is 17.8. The third-order valence-electron chi connectivity index (χ3n) is 3.69. The topological polar surface area (TPSA) is 62.2 Å². The quantitative estimate of drug-likeness (QED) is 0.473. The Morgan fingerprint density at radius 1 is 1.23 bits per heavy atom. The van der Waals surface area contributed by atoms with Crippen molar-refractivity contribution in [3.05, 3.63) is 64.8 Å². The van der Waals surface area contributed by atoms with Crippen molar-refractivity contribution >= 4 is 40.2 Å².